The maximum atomic E-state index is 14.4. The predicted octanol–water partition coefficient (Wildman–Crippen LogP) is 0.989. The third-order valence-electron chi connectivity index (χ3n) is 3.43. The maximum Gasteiger partial charge on any atom is 0.174 e. The summed E-state index contributed by atoms with van der Waals surface area (Å²) in [5, 5.41) is 21.5. The van der Waals surface area contributed by atoms with Crippen molar-refractivity contribution < 1.29 is 28.1 Å². The van der Waals surface area contributed by atoms with Gasteiger partial charge in [-0.2, -0.15) is 0 Å². The minimum Gasteiger partial charge on any atom is -0.494 e. The van der Waals surface area contributed by atoms with Crippen molar-refractivity contribution in [2.24, 2.45) is 10.7 Å². The molecule has 0 heterocycles. The number of ether oxygens (including phenoxy) is 3. The average molecular weight is 413 g/mol. The minimum absolute atomic E-state index is 0.0428. The Morgan fingerprint density at radius 2 is 1.90 bits per heavy atom. The van der Waals surface area contributed by atoms with E-state index in [-0.39, 0.29) is 41.0 Å². The smallest absolute Gasteiger partial charge is 0.174 e. The van der Waals surface area contributed by atoms with Crippen LogP contribution in [0.15, 0.2) is 34.9 Å². The van der Waals surface area contributed by atoms with Crippen LogP contribution in [0.1, 0.15) is 5.56 Å². The highest BCUT2D eigenvalue weighted by Gasteiger charge is 2.20. The van der Waals surface area contributed by atoms with Crippen molar-refractivity contribution in [3.63, 3.8) is 0 Å². The Kier molecular flexibility index (Phi) is 9.96. The van der Waals surface area contributed by atoms with E-state index in [4.69, 9.17) is 30.5 Å². The van der Waals surface area contributed by atoms with Gasteiger partial charge in [0.15, 0.2) is 28.9 Å². The van der Waals surface area contributed by atoms with Crippen LogP contribution < -0.4 is 25.8 Å². The van der Waals surface area contributed by atoms with E-state index in [1.54, 1.807) is 7.05 Å². The molecule has 0 fully saturated rings. The summed E-state index contributed by atoms with van der Waals surface area (Å²) >= 11 is 0. The van der Waals surface area contributed by atoms with Gasteiger partial charge >= 0.3 is 0 Å². The lowest BCUT2D eigenvalue weighted by Gasteiger charge is -2.13. The van der Waals surface area contributed by atoms with Gasteiger partial charge < -0.3 is 41.1 Å². The molecule has 0 aliphatic heterocycles. The fourth-order valence-electron chi connectivity index (χ4n) is 2.03. The van der Waals surface area contributed by atoms with Gasteiger partial charge in [-0.25, -0.2) is 8.78 Å². The molecule has 29 heavy (non-hydrogen) atoms. The van der Waals surface area contributed by atoms with E-state index in [1.165, 1.54) is 32.7 Å². The van der Waals surface area contributed by atoms with Gasteiger partial charge in [-0.1, -0.05) is 0 Å². The van der Waals surface area contributed by atoms with E-state index in [0.29, 0.717) is 0 Å². The second-order valence-corrected chi connectivity index (χ2v) is 5.44. The first-order valence-corrected chi connectivity index (χ1v) is 8.36. The Morgan fingerprint density at radius 1 is 1.28 bits per heavy atom. The van der Waals surface area contributed by atoms with Crippen LogP contribution in [0.3, 0.4) is 0 Å². The molecule has 0 radical (unpaired) electrons. The fourth-order valence-corrected chi connectivity index (χ4v) is 2.03. The average Bonchev–Trinajstić information content (AvgIpc) is 2.70. The molecule has 1 aromatic carbocycles. The van der Waals surface area contributed by atoms with Crippen LogP contribution in [0.4, 0.5) is 8.78 Å². The molecular formula is C18H25F2N5O4. The molecule has 1 aromatic rings. The third kappa shape index (κ3) is 7.30. The van der Waals surface area contributed by atoms with E-state index in [1.807, 2.05) is 0 Å². The van der Waals surface area contributed by atoms with E-state index in [0.717, 1.165) is 6.07 Å². The first kappa shape index (κ1) is 23.7. The summed E-state index contributed by atoms with van der Waals surface area (Å²) in [4.78, 5) is 4.03. The SMILES string of the molecule is CN/C=C(\C=N/CN/C(N)=C/C(=N)CO)OCc1c(F)c(OC)cc(OC)c1F. The van der Waals surface area contributed by atoms with Crippen molar-refractivity contribution >= 4 is 11.9 Å². The molecule has 9 nitrogen and oxygen atoms in total. The minimum atomic E-state index is -0.891. The molecular weight excluding hydrogens is 388 g/mol. The number of benzene rings is 1. The summed E-state index contributed by atoms with van der Waals surface area (Å²) < 4.78 is 44.0. The molecule has 0 saturated carbocycles. The second kappa shape index (κ2) is 12.2. The van der Waals surface area contributed by atoms with Crippen molar-refractivity contribution in [3.05, 3.63) is 47.1 Å². The molecule has 0 unspecified atom stereocenters. The van der Waals surface area contributed by atoms with Crippen LogP contribution >= 0.6 is 0 Å². The number of aliphatic hydroxyl groups is 1. The largest absolute Gasteiger partial charge is 0.494 e. The van der Waals surface area contributed by atoms with Gasteiger partial charge in [0.05, 0.1) is 44.1 Å². The number of nitrogens with one attached hydrogen (secondary N) is 3. The lowest BCUT2D eigenvalue weighted by Crippen LogP contribution is -2.22. The number of halogens is 2. The van der Waals surface area contributed by atoms with Gasteiger partial charge in [0, 0.05) is 25.4 Å². The molecule has 1 rings (SSSR count). The molecule has 0 spiro atoms. The molecule has 0 saturated heterocycles. The normalized spacial score (nSPS) is 12.1. The van der Waals surface area contributed by atoms with Crippen molar-refractivity contribution in [3.8, 4) is 11.5 Å². The van der Waals surface area contributed by atoms with E-state index in [2.05, 4.69) is 15.6 Å². The zero-order valence-corrected chi connectivity index (χ0v) is 16.4. The lowest BCUT2D eigenvalue weighted by molar-refractivity contribution is 0.206. The van der Waals surface area contributed by atoms with Gasteiger partial charge in [-0.15, -0.1) is 0 Å². The fraction of sp³-hybridized carbons (Fsp3) is 0.333. The first-order valence-electron chi connectivity index (χ1n) is 8.36. The van der Waals surface area contributed by atoms with Crippen LogP contribution in [0, 0.1) is 17.0 Å². The number of hydrogen-bond acceptors (Lipinski definition) is 9. The molecule has 0 amide bonds. The zero-order chi connectivity index (χ0) is 21.8. The topological polar surface area (TPSA) is 134 Å². The van der Waals surface area contributed by atoms with Gasteiger partial charge in [-0.05, 0) is 0 Å². The summed E-state index contributed by atoms with van der Waals surface area (Å²) in [5.74, 6) is -1.78. The van der Waals surface area contributed by atoms with Crippen LogP contribution in [-0.4, -0.2) is 51.6 Å². The molecule has 0 atom stereocenters. The number of nitrogens with two attached hydrogens (primary N) is 1. The van der Waals surface area contributed by atoms with Gasteiger partial charge in [0.1, 0.15) is 13.3 Å². The molecule has 160 valence electrons. The monoisotopic (exact) mass is 413 g/mol. The Labute approximate surface area is 167 Å². The quantitative estimate of drug-likeness (QED) is 0.255. The third-order valence-corrected chi connectivity index (χ3v) is 3.43. The van der Waals surface area contributed by atoms with Gasteiger partial charge in [-0.3, -0.25) is 4.99 Å². The predicted molar refractivity (Wildman–Crippen MR) is 105 cm³/mol. The van der Waals surface area contributed by atoms with Crippen molar-refractivity contribution in [2.45, 2.75) is 6.61 Å². The van der Waals surface area contributed by atoms with Crippen molar-refractivity contribution in [1.29, 1.82) is 5.41 Å². The summed E-state index contributed by atoms with van der Waals surface area (Å²) in [6, 6.07) is 1.11. The molecule has 0 aliphatic carbocycles. The van der Waals surface area contributed by atoms with E-state index >= 15 is 0 Å². The molecule has 0 aliphatic rings. The number of aliphatic imine (C=N–C) groups is 1. The van der Waals surface area contributed by atoms with Crippen molar-refractivity contribution in [2.75, 3.05) is 34.5 Å². The standard InChI is InChI=1S/C18H25F2N5O4/c1-23-6-12(7-24-10-25-16(22)4-11(21)8-26)29-9-13-17(19)14(27-2)5-15(28-3)18(13)20/h4-7,21,23,25-26H,8-10,22H2,1-3H3/b12-6+,16-4+,21-11?,24-7-. The van der Waals surface area contributed by atoms with Gasteiger partial charge in [0.2, 0.25) is 0 Å². The number of rotatable bonds is 12. The maximum absolute atomic E-state index is 14.4. The number of aliphatic hydroxyl groups excluding tert-OH is 1. The highest BCUT2D eigenvalue weighted by Crippen LogP contribution is 2.31. The van der Waals surface area contributed by atoms with E-state index < -0.39 is 24.8 Å². The molecule has 11 heteroatoms. The Hall–Kier alpha value is -3.34. The van der Waals surface area contributed by atoms with Gasteiger partial charge in [0.25, 0.3) is 0 Å². The van der Waals surface area contributed by atoms with E-state index in [9.17, 15) is 8.78 Å². The molecule has 0 bridgehead atoms. The highest BCUT2D eigenvalue weighted by atomic mass is 19.1. The summed E-state index contributed by atoms with van der Waals surface area (Å²) in [6.07, 6.45) is 4.01. The summed E-state index contributed by atoms with van der Waals surface area (Å²) in [5.41, 5.74) is 5.19. The molecule has 6 N–H and O–H groups in total. The number of hydrogen-bond donors (Lipinski definition) is 5. The Bertz CT molecular complexity index is 769. The van der Waals surface area contributed by atoms with Crippen LogP contribution in [-0.2, 0) is 11.3 Å². The van der Waals surface area contributed by atoms with Crippen LogP contribution in [0.5, 0.6) is 11.5 Å². The first-order chi connectivity index (χ1) is 13.9. The zero-order valence-electron chi connectivity index (χ0n) is 16.4. The Balaban J connectivity index is 2.83. The summed E-state index contributed by atoms with van der Waals surface area (Å²) in [7, 11) is 4.13. The highest BCUT2D eigenvalue weighted by molar-refractivity contribution is 5.93. The van der Waals surface area contributed by atoms with Crippen LogP contribution in [0.2, 0.25) is 0 Å². The second-order valence-electron chi connectivity index (χ2n) is 5.44. The number of nitrogens with zero attached hydrogens (tertiary/aromatic N) is 1. The van der Waals surface area contributed by atoms with Crippen molar-refractivity contribution in [1.82, 2.24) is 10.6 Å². The number of methoxy groups -OCH3 is 2. The molecule has 0 aromatic heterocycles. The van der Waals surface area contributed by atoms with Crippen LogP contribution in [0.25, 0.3) is 0 Å². The Morgan fingerprint density at radius 3 is 2.41 bits per heavy atom. The summed E-state index contributed by atoms with van der Waals surface area (Å²) in [6.45, 7) is -0.828. The number of allylic oxidation sites excluding steroid dienone is 1. The lowest BCUT2D eigenvalue weighted by atomic mass is 10.1.